The fraction of sp³-hybridized carbons (Fsp3) is 0.909. The van der Waals surface area contributed by atoms with E-state index in [1.807, 2.05) is 4.90 Å². The van der Waals surface area contributed by atoms with Crippen LogP contribution in [0.2, 0.25) is 0 Å². The van der Waals surface area contributed by atoms with Crippen LogP contribution in [-0.4, -0.2) is 56.4 Å². The minimum Gasteiger partial charge on any atom is -0.380 e. The lowest BCUT2D eigenvalue weighted by molar-refractivity contribution is -0.141. The summed E-state index contributed by atoms with van der Waals surface area (Å²) in [6.45, 7) is 4.44. The summed E-state index contributed by atoms with van der Waals surface area (Å²) >= 11 is 0. The van der Waals surface area contributed by atoms with Crippen LogP contribution in [0.1, 0.15) is 19.8 Å². The molecule has 2 N–H and O–H groups in total. The number of ether oxygens (including phenoxy) is 2. The van der Waals surface area contributed by atoms with Crippen molar-refractivity contribution < 1.29 is 14.3 Å². The number of amides is 1. The molecule has 1 rings (SSSR count). The molecule has 0 bridgehead atoms. The van der Waals surface area contributed by atoms with Crippen LogP contribution in [0.4, 0.5) is 0 Å². The summed E-state index contributed by atoms with van der Waals surface area (Å²) in [6, 6.07) is 0. The molecule has 0 aliphatic carbocycles. The summed E-state index contributed by atoms with van der Waals surface area (Å²) in [5, 5.41) is 0. The second-order valence-corrected chi connectivity index (χ2v) is 4.04. The first-order valence-corrected chi connectivity index (χ1v) is 5.83. The number of rotatable bonds is 5. The Hall–Kier alpha value is -0.360. The van der Waals surface area contributed by atoms with Crippen molar-refractivity contribution >= 4 is 18.3 Å². The topological polar surface area (TPSA) is 64.8 Å². The van der Waals surface area contributed by atoms with Gasteiger partial charge in [-0.1, -0.05) is 6.92 Å². The van der Waals surface area contributed by atoms with Gasteiger partial charge >= 0.3 is 0 Å². The van der Waals surface area contributed by atoms with Crippen LogP contribution >= 0.6 is 12.4 Å². The second kappa shape index (κ2) is 8.69. The third kappa shape index (κ3) is 5.21. The molecule has 2 unspecified atom stereocenters. The molecular formula is C11H23ClN2O3. The zero-order chi connectivity index (χ0) is 12.0. The number of nitrogens with two attached hydrogens (primary N) is 1. The molecule has 6 heteroatoms. The summed E-state index contributed by atoms with van der Waals surface area (Å²) in [5.74, 6) is 0.110. The summed E-state index contributed by atoms with van der Waals surface area (Å²) in [5.41, 5.74) is 5.49. The van der Waals surface area contributed by atoms with E-state index in [2.05, 4.69) is 6.92 Å². The molecule has 2 atom stereocenters. The standard InChI is InChI=1S/C11H22N2O3.ClH/c1-3-9-8-13(4-5-16-9)11(14)6-10(7-12)15-2;/h9-10H,3-8,12H2,1-2H3;1H. The molecular weight excluding hydrogens is 244 g/mol. The predicted molar refractivity (Wildman–Crippen MR) is 68.3 cm³/mol. The molecule has 1 aliphatic rings. The van der Waals surface area contributed by atoms with Crippen molar-refractivity contribution in [1.29, 1.82) is 0 Å². The number of halogens is 1. The van der Waals surface area contributed by atoms with Gasteiger partial charge in [-0.3, -0.25) is 4.79 Å². The number of hydrogen-bond donors (Lipinski definition) is 1. The first-order chi connectivity index (χ1) is 7.71. The van der Waals surface area contributed by atoms with Crippen molar-refractivity contribution in [2.45, 2.75) is 32.0 Å². The molecule has 102 valence electrons. The average molecular weight is 267 g/mol. The largest absolute Gasteiger partial charge is 0.380 e. The Morgan fingerprint density at radius 2 is 2.35 bits per heavy atom. The smallest absolute Gasteiger partial charge is 0.225 e. The van der Waals surface area contributed by atoms with E-state index < -0.39 is 0 Å². The lowest BCUT2D eigenvalue weighted by Crippen LogP contribution is -2.46. The number of methoxy groups -OCH3 is 1. The van der Waals surface area contributed by atoms with E-state index >= 15 is 0 Å². The minimum atomic E-state index is -0.171. The summed E-state index contributed by atoms with van der Waals surface area (Å²) in [4.78, 5) is 13.8. The Labute approximate surface area is 109 Å². The second-order valence-electron chi connectivity index (χ2n) is 4.04. The Bertz CT molecular complexity index is 225. The van der Waals surface area contributed by atoms with Crippen LogP contribution in [0.15, 0.2) is 0 Å². The molecule has 1 amide bonds. The van der Waals surface area contributed by atoms with Gasteiger partial charge in [0.2, 0.25) is 5.91 Å². The van der Waals surface area contributed by atoms with Gasteiger partial charge in [0.15, 0.2) is 0 Å². The van der Waals surface area contributed by atoms with Crippen LogP contribution in [0, 0.1) is 0 Å². The van der Waals surface area contributed by atoms with E-state index in [0.29, 0.717) is 32.7 Å². The molecule has 1 fully saturated rings. The van der Waals surface area contributed by atoms with Crippen molar-refractivity contribution in [1.82, 2.24) is 4.90 Å². The van der Waals surface area contributed by atoms with Gasteiger partial charge in [-0.2, -0.15) is 0 Å². The van der Waals surface area contributed by atoms with E-state index in [4.69, 9.17) is 15.2 Å². The van der Waals surface area contributed by atoms with Crippen molar-refractivity contribution in [2.24, 2.45) is 5.73 Å². The Morgan fingerprint density at radius 3 is 2.88 bits per heavy atom. The van der Waals surface area contributed by atoms with E-state index in [1.54, 1.807) is 7.11 Å². The van der Waals surface area contributed by atoms with Crippen LogP contribution in [0.25, 0.3) is 0 Å². The van der Waals surface area contributed by atoms with E-state index in [-0.39, 0.29) is 30.5 Å². The Kier molecular flexibility index (Phi) is 8.51. The molecule has 5 nitrogen and oxygen atoms in total. The van der Waals surface area contributed by atoms with Crippen LogP contribution < -0.4 is 5.73 Å². The van der Waals surface area contributed by atoms with Crippen LogP contribution in [-0.2, 0) is 14.3 Å². The number of carbonyl (C=O) groups is 1. The zero-order valence-electron chi connectivity index (χ0n) is 10.6. The highest BCUT2D eigenvalue weighted by molar-refractivity contribution is 5.85. The SMILES string of the molecule is CCC1CN(C(=O)CC(CN)OC)CCO1.Cl. The molecule has 0 aromatic heterocycles. The van der Waals surface area contributed by atoms with Crippen LogP contribution in [0.3, 0.4) is 0 Å². The first kappa shape index (κ1) is 16.6. The monoisotopic (exact) mass is 266 g/mol. The van der Waals surface area contributed by atoms with Crippen molar-refractivity contribution in [3.05, 3.63) is 0 Å². The number of morpholine rings is 1. The van der Waals surface area contributed by atoms with Gasteiger partial charge in [0, 0.05) is 26.7 Å². The van der Waals surface area contributed by atoms with Gasteiger partial charge in [0.25, 0.3) is 0 Å². The molecule has 0 spiro atoms. The summed E-state index contributed by atoms with van der Waals surface area (Å²) in [6.07, 6.45) is 1.31. The lowest BCUT2D eigenvalue weighted by Gasteiger charge is -2.33. The van der Waals surface area contributed by atoms with E-state index in [0.717, 1.165) is 6.42 Å². The average Bonchev–Trinajstić information content (AvgIpc) is 2.35. The fourth-order valence-corrected chi connectivity index (χ4v) is 1.78. The van der Waals surface area contributed by atoms with Gasteiger partial charge in [0.1, 0.15) is 0 Å². The van der Waals surface area contributed by atoms with Crippen molar-refractivity contribution in [3.63, 3.8) is 0 Å². The Balaban J connectivity index is 0.00000256. The molecule has 17 heavy (non-hydrogen) atoms. The van der Waals surface area contributed by atoms with Crippen molar-refractivity contribution in [3.8, 4) is 0 Å². The van der Waals surface area contributed by atoms with E-state index in [1.165, 1.54) is 0 Å². The zero-order valence-corrected chi connectivity index (χ0v) is 11.4. The highest BCUT2D eigenvalue weighted by atomic mass is 35.5. The number of hydrogen-bond acceptors (Lipinski definition) is 4. The predicted octanol–water partition coefficient (Wildman–Crippen LogP) is 0.409. The molecule has 0 saturated carbocycles. The minimum absolute atomic E-state index is 0. The van der Waals surface area contributed by atoms with Gasteiger partial charge < -0.3 is 20.1 Å². The van der Waals surface area contributed by atoms with Gasteiger partial charge in [-0.25, -0.2) is 0 Å². The maximum atomic E-state index is 11.9. The third-order valence-electron chi connectivity index (χ3n) is 2.95. The quantitative estimate of drug-likeness (QED) is 0.783. The molecule has 1 aliphatic heterocycles. The number of carbonyl (C=O) groups excluding carboxylic acids is 1. The molecule has 1 saturated heterocycles. The molecule has 1 heterocycles. The highest BCUT2D eigenvalue weighted by Gasteiger charge is 2.24. The Morgan fingerprint density at radius 1 is 1.65 bits per heavy atom. The van der Waals surface area contributed by atoms with Gasteiger partial charge in [-0.15, -0.1) is 12.4 Å². The number of nitrogens with zero attached hydrogens (tertiary/aromatic N) is 1. The first-order valence-electron chi connectivity index (χ1n) is 5.83. The fourth-order valence-electron chi connectivity index (χ4n) is 1.78. The summed E-state index contributed by atoms with van der Waals surface area (Å²) in [7, 11) is 1.58. The van der Waals surface area contributed by atoms with Gasteiger partial charge in [0.05, 0.1) is 25.2 Å². The van der Waals surface area contributed by atoms with Gasteiger partial charge in [-0.05, 0) is 6.42 Å². The summed E-state index contributed by atoms with van der Waals surface area (Å²) < 4.78 is 10.6. The molecule has 0 radical (unpaired) electrons. The van der Waals surface area contributed by atoms with Crippen LogP contribution in [0.5, 0.6) is 0 Å². The van der Waals surface area contributed by atoms with Crippen molar-refractivity contribution in [2.75, 3.05) is 33.4 Å². The maximum absolute atomic E-state index is 11.9. The highest BCUT2D eigenvalue weighted by Crippen LogP contribution is 2.10. The van der Waals surface area contributed by atoms with E-state index in [9.17, 15) is 4.79 Å². The third-order valence-corrected chi connectivity index (χ3v) is 2.95. The molecule has 0 aromatic carbocycles. The lowest BCUT2D eigenvalue weighted by atomic mass is 10.2. The normalized spacial score (nSPS) is 21.8. The molecule has 0 aromatic rings. The maximum Gasteiger partial charge on any atom is 0.225 e.